The van der Waals surface area contributed by atoms with E-state index in [9.17, 15) is 0 Å². The minimum absolute atomic E-state index is 1.14. The van der Waals surface area contributed by atoms with E-state index in [1.165, 1.54) is 76.2 Å². The molecular weight excluding hydrogens is 595 g/mol. The van der Waals surface area contributed by atoms with E-state index in [4.69, 9.17) is 0 Å². The number of para-hydroxylation sites is 4. The van der Waals surface area contributed by atoms with Gasteiger partial charge in [-0.25, -0.2) is 0 Å². The van der Waals surface area contributed by atoms with E-state index in [1.54, 1.807) is 0 Å². The van der Waals surface area contributed by atoms with Crippen molar-refractivity contribution in [3.05, 3.63) is 176 Å². The minimum atomic E-state index is 1.14. The average molecular weight is 624 g/mol. The third-order valence-electron chi connectivity index (χ3n) is 10.4. The van der Waals surface area contributed by atoms with Gasteiger partial charge in [-0.05, 0) is 71.4 Å². The maximum absolute atomic E-state index is 2.45. The molecule has 0 saturated carbocycles. The number of aromatic nitrogens is 3. The number of rotatable bonds is 3. The molecule has 3 heteroatoms. The van der Waals surface area contributed by atoms with Crippen LogP contribution in [0, 0.1) is 0 Å². The quantitative estimate of drug-likeness (QED) is 0.186. The Morgan fingerprint density at radius 2 is 0.551 bits per heavy atom. The van der Waals surface area contributed by atoms with Crippen molar-refractivity contribution in [2.75, 3.05) is 0 Å². The van der Waals surface area contributed by atoms with Crippen molar-refractivity contribution < 1.29 is 0 Å². The highest BCUT2D eigenvalue weighted by Crippen LogP contribution is 2.39. The van der Waals surface area contributed by atoms with Gasteiger partial charge in [-0.1, -0.05) is 115 Å². The van der Waals surface area contributed by atoms with Gasteiger partial charge in [-0.15, -0.1) is 0 Å². The molecule has 0 spiro atoms. The zero-order chi connectivity index (χ0) is 32.1. The largest absolute Gasteiger partial charge is 0.309 e. The molecule has 0 aliphatic carbocycles. The van der Waals surface area contributed by atoms with Crippen LogP contribution in [-0.2, 0) is 0 Å². The highest BCUT2D eigenvalue weighted by molar-refractivity contribution is 6.13. The first-order chi connectivity index (χ1) is 24.3. The molecule has 8 aromatic carbocycles. The van der Waals surface area contributed by atoms with Gasteiger partial charge >= 0.3 is 0 Å². The number of hydrogen-bond acceptors (Lipinski definition) is 0. The van der Waals surface area contributed by atoms with E-state index in [-0.39, 0.29) is 0 Å². The van der Waals surface area contributed by atoms with Crippen molar-refractivity contribution in [1.82, 2.24) is 13.7 Å². The second-order valence-corrected chi connectivity index (χ2v) is 13.0. The number of nitrogens with zero attached hydrogens (tertiary/aromatic N) is 3. The fraction of sp³-hybridized carbons (Fsp3) is 0. The summed E-state index contributed by atoms with van der Waals surface area (Å²) < 4.78 is 7.29. The van der Waals surface area contributed by atoms with Gasteiger partial charge in [0.1, 0.15) is 0 Å². The van der Waals surface area contributed by atoms with Crippen LogP contribution >= 0.6 is 0 Å². The molecule has 3 aromatic heterocycles. The molecule has 0 fully saturated rings. The van der Waals surface area contributed by atoms with E-state index >= 15 is 0 Å². The smallest absolute Gasteiger partial charge is 0.0561 e. The molecule has 0 saturated heterocycles. The van der Waals surface area contributed by atoms with Crippen LogP contribution < -0.4 is 0 Å². The third kappa shape index (κ3) is 3.73. The lowest BCUT2D eigenvalue weighted by atomic mass is 10.1. The Kier molecular flexibility index (Phi) is 5.38. The van der Waals surface area contributed by atoms with Crippen molar-refractivity contribution in [3.63, 3.8) is 0 Å². The molecule has 49 heavy (non-hydrogen) atoms. The molecule has 11 rings (SSSR count). The maximum atomic E-state index is 2.45. The third-order valence-corrected chi connectivity index (χ3v) is 10.4. The second-order valence-electron chi connectivity index (χ2n) is 13.0. The van der Waals surface area contributed by atoms with Crippen molar-refractivity contribution in [3.8, 4) is 17.1 Å². The van der Waals surface area contributed by atoms with Gasteiger partial charge in [0.25, 0.3) is 0 Å². The first-order valence-electron chi connectivity index (χ1n) is 16.9. The van der Waals surface area contributed by atoms with Gasteiger partial charge in [0.05, 0.1) is 33.1 Å². The van der Waals surface area contributed by atoms with E-state index in [2.05, 4.69) is 190 Å². The molecule has 0 amide bonds. The number of fused-ring (bicyclic) bond motifs is 10. The first kappa shape index (κ1) is 26.5. The molecule has 0 aliphatic heterocycles. The summed E-state index contributed by atoms with van der Waals surface area (Å²) in [6, 6.07) is 64.3. The standard InChI is InChI=1S/C46H29N3/c1-2-12-31-27-32(22-21-30(31)11-1)48-43-19-9-5-15-37(43)39-26-24-34(29-45(39)48)49-44-20-10-6-16-38(44)40-25-23-33(28-46(40)49)47-41-17-7-3-13-35(41)36-14-4-8-18-42(36)47/h1-29H. The summed E-state index contributed by atoms with van der Waals surface area (Å²) >= 11 is 0. The van der Waals surface area contributed by atoms with E-state index in [0.717, 1.165) is 17.1 Å². The van der Waals surface area contributed by atoms with E-state index in [1.807, 2.05) is 0 Å². The average Bonchev–Trinajstić information content (AvgIpc) is 3.80. The van der Waals surface area contributed by atoms with Crippen LogP contribution in [0.4, 0.5) is 0 Å². The first-order valence-corrected chi connectivity index (χ1v) is 16.9. The fourth-order valence-corrected chi connectivity index (χ4v) is 8.27. The Morgan fingerprint density at radius 3 is 1.02 bits per heavy atom. The van der Waals surface area contributed by atoms with E-state index in [0.29, 0.717) is 0 Å². The monoisotopic (exact) mass is 623 g/mol. The summed E-state index contributed by atoms with van der Waals surface area (Å²) in [5.41, 5.74) is 10.7. The number of hydrogen-bond donors (Lipinski definition) is 0. The van der Waals surface area contributed by atoms with Gasteiger partial charge in [-0.3, -0.25) is 0 Å². The van der Waals surface area contributed by atoms with Gasteiger partial charge in [0.15, 0.2) is 0 Å². The second kappa shape index (κ2) is 9.96. The Balaban J connectivity index is 1.21. The molecule has 3 nitrogen and oxygen atoms in total. The lowest BCUT2D eigenvalue weighted by Gasteiger charge is -2.13. The summed E-state index contributed by atoms with van der Waals surface area (Å²) in [6.07, 6.45) is 0. The van der Waals surface area contributed by atoms with Crippen LogP contribution in [0.5, 0.6) is 0 Å². The summed E-state index contributed by atoms with van der Waals surface area (Å²) in [5.74, 6) is 0. The van der Waals surface area contributed by atoms with Crippen LogP contribution in [0.2, 0.25) is 0 Å². The van der Waals surface area contributed by atoms with Crippen LogP contribution in [0.15, 0.2) is 176 Å². The van der Waals surface area contributed by atoms with Crippen LogP contribution in [0.1, 0.15) is 0 Å². The summed E-state index contributed by atoms with van der Waals surface area (Å²) in [7, 11) is 0. The van der Waals surface area contributed by atoms with Crippen molar-refractivity contribution >= 4 is 76.2 Å². The van der Waals surface area contributed by atoms with Gasteiger partial charge in [0, 0.05) is 49.4 Å². The van der Waals surface area contributed by atoms with Crippen LogP contribution in [-0.4, -0.2) is 13.7 Å². The Labute approximate surface area is 282 Å². The Hall–Kier alpha value is -6.58. The molecule has 0 radical (unpaired) electrons. The molecular formula is C46H29N3. The SMILES string of the molecule is c1ccc2cc(-n3c4ccccc4c4ccc(-n5c6ccccc6c6ccc(-n7c8ccccc8c8ccccc87)cc65)cc43)ccc2c1. The highest BCUT2D eigenvalue weighted by atomic mass is 15.0. The summed E-state index contributed by atoms with van der Waals surface area (Å²) in [6.45, 7) is 0. The number of benzene rings is 8. The van der Waals surface area contributed by atoms with Crippen molar-refractivity contribution in [1.29, 1.82) is 0 Å². The zero-order valence-corrected chi connectivity index (χ0v) is 26.6. The Morgan fingerprint density at radius 1 is 0.224 bits per heavy atom. The van der Waals surface area contributed by atoms with Gasteiger partial charge in [-0.2, -0.15) is 0 Å². The predicted molar refractivity (Wildman–Crippen MR) is 207 cm³/mol. The van der Waals surface area contributed by atoms with Crippen molar-refractivity contribution in [2.24, 2.45) is 0 Å². The lowest BCUT2D eigenvalue weighted by Crippen LogP contribution is -1.98. The van der Waals surface area contributed by atoms with Gasteiger partial charge in [0.2, 0.25) is 0 Å². The molecule has 0 aliphatic rings. The molecule has 0 atom stereocenters. The maximum Gasteiger partial charge on any atom is 0.0561 e. The van der Waals surface area contributed by atoms with E-state index < -0.39 is 0 Å². The van der Waals surface area contributed by atoms with Crippen molar-refractivity contribution in [2.45, 2.75) is 0 Å². The summed E-state index contributed by atoms with van der Waals surface area (Å²) in [4.78, 5) is 0. The zero-order valence-electron chi connectivity index (χ0n) is 26.6. The molecule has 0 N–H and O–H groups in total. The summed E-state index contributed by atoms with van der Waals surface area (Å²) in [5, 5.41) is 10.0. The van der Waals surface area contributed by atoms with Crippen LogP contribution in [0.25, 0.3) is 93.3 Å². The topological polar surface area (TPSA) is 14.8 Å². The Bertz CT molecular complexity index is 3060. The normalized spacial score (nSPS) is 12.1. The predicted octanol–water partition coefficient (Wildman–Crippen LogP) is 12.1. The highest BCUT2D eigenvalue weighted by Gasteiger charge is 2.18. The molecule has 0 unspecified atom stereocenters. The fourth-order valence-electron chi connectivity index (χ4n) is 8.27. The molecule has 228 valence electrons. The molecule has 11 aromatic rings. The van der Waals surface area contributed by atoms with Gasteiger partial charge < -0.3 is 13.7 Å². The van der Waals surface area contributed by atoms with Crippen LogP contribution in [0.3, 0.4) is 0 Å². The lowest BCUT2D eigenvalue weighted by molar-refractivity contribution is 1.15. The minimum Gasteiger partial charge on any atom is -0.309 e. The molecule has 3 heterocycles. The molecule has 0 bridgehead atoms.